The summed E-state index contributed by atoms with van der Waals surface area (Å²) in [5, 5.41) is 9.41. The molecule has 1 saturated carbocycles. The van der Waals surface area contributed by atoms with Crippen molar-refractivity contribution in [2.45, 2.75) is 24.7 Å². The summed E-state index contributed by atoms with van der Waals surface area (Å²) in [6.45, 7) is 0.499. The number of hydrogen-bond acceptors (Lipinski definition) is 3. The van der Waals surface area contributed by atoms with Gasteiger partial charge in [0.25, 0.3) is 0 Å². The Morgan fingerprint density at radius 2 is 2.06 bits per heavy atom. The molecule has 16 heavy (non-hydrogen) atoms. The molecule has 1 aliphatic rings. The normalized spacial score (nSPS) is 17.1. The molecule has 0 amide bonds. The Kier molecular flexibility index (Phi) is 3.08. The molecule has 0 aliphatic heterocycles. The number of nitrogens with two attached hydrogens (primary N) is 1. The summed E-state index contributed by atoms with van der Waals surface area (Å²) in [7, 11) is 0. The Morgan fingerprint density at radius 1 is 1.38 bits per heavy atom. The molecule has 0 heterocycles. The highest BCUT2D eigenvalue weighted by atomic mass is 16.3. The Labute approximate surface area is 95.3 Å². The smallest absolute Gasteiger partial charge is 0.164 e. The van der Waals surface area contributed by atoms with Crippen LogP contribution in [0.5, 0.6) is 0 Å². The lowest BCUT2D eigenvalue weighted by molar-refractivity contribution is 0.0983. The minimum absolute atomic E-state index is 0.0813. The number of aliphatic hydroxyl groups is 1. The summed E-state index contributed by atoms with van der Waals surface area (Å²) in [6, 6.07) is 7.57. The van der Waals surface area contributed by atoms with Gasteiger partial charge in [-0.25, -0.2) is 0 Å². The van der Waals surface area contributed by atoms with E-state index in [0.29, 0.717) is 13.0 Å². The van der Waals surface area contributed by atoms with Crippen LogP contribution >= 0.6 is 0 Å². The van der Waals surface area contributed by atoms with Gasteiger partial charge in [-0.2, -0.15) is 0 Å². The van der Waals surface area contributed by atoms with Crippen LogP contribution in [0.1, 0.15) is 35.2 Å². The Balaban J connectivity index is 2.35. The van der Waals surface area contributed by atoms with Gasteiger partial charge in [0, 0.05) is 17.4 Å². The van der Waals surface area contributed by atoms with Crippen LogP contribution in [0.4, 0.5) is 0 Å². The Bertz CT molecular complexity index is 397. The van der Waals surface area contributed by atoms with Crippen molar-refractivity contribution in [1.29, 1.82) is 0 Å². The highest BCUT2D eigenvalue weighted by Gasteiger charge is 2.45. The average molecular weight is 219 g/mol. The molecule has 1 aromatic rings. The van der Waals surface area contributed by atoms with Crippen LogP contribution in [0.15, 0.2) is 24.3 Å². The van der Waals surface area contributed by atoms with E-state index in [1.807, 2.05) is 24.3 Å². The maximum Gasteiger partial charge on any atom is 0.164 e. The van der Waals surface area contributed by atoms with E-state index in [1.54, 1.807) is 0 Å². The summed E-state index contributed by atoms with van der Waals surface area (Å²) in [4.78, 5) is 11.9. The average Bonchev–Trinajstić information content (AvgIpc) is 3.10. The second-order valence-corrected chi connectivity index (χ2v) is 4.45. The van der Waals surface area contributed by atoms with Crippen molar-refractivity contribution < 1.29 is 9.90 Å². The molecule has 1 aliphatic carbocycles. The highest BCUT2D eigenvalue weighted by Crippen LogP contribution is 2.48. The van der Waals surface area contributed by atoms with Gasteiger partial charge in [-0.15, -0.1) is 0 Å². The van der Waals surface area contributed by atoms with E-state index in [4.69, 9.17) is 5.73 Å². The van der Waals surface area contributed by atoms with E-state index in [-0.39, 0.29) is 17.8 Å². The van der Waals surface area contributed by atoms with Crippen molar-refractivity contribution in [1.82, 2.24) is 0 Å². The molecule has 0 aromatic heterocycles. The topological polar surface area (TPSA) is 63.3 Å². The van der Waals surface area contributed by atoms with Gasteiger partial charge in [-0.3, -0.25) is 4.79 Å². The third kappa shape index (κ3) is 1.88. The number of aliphatic hydroxyl groups excluding tert-OH is 1. The van der Waals surface area contributed by atoms with Gasteiger partial charge in [0.15, 0.2) is 5.78 Å². The summed E-state index contributed by atoms with van der Waals surface area (Å²) in [6.07, 6.45) is 2.31. The van der Waals surface area contributed by atoms with Crippen molar-refractivity contribution >= 4 is 5.78 Å². The molecular formula is C13H17NO2. The van der Waals surface area contributed by atoms with Crippen LogP contribution in [-0.4, -0.2) is 24.0 Å². The van der Waals surface area contributed by atoms with E-state index in [2.05, 4.69) is 0 Å². The van der Waals surface area contributed by atoms with Crippen LogP contribution in [0.2, 0.25) is 0 Å². The van der Waals surface area contributed by atoms with Gasteiger partial charge in [0.2, 0.25) is 0 Å². The number of benzene rings is 1. The van der Waals surface area contributed by atoms with Gasteiger partial charge in [-0.1, -0.05) is 24.3 Å². The molecule has 86 valence electrons. The van der Waals surface area contributed by atoms with Gasteiger partial charge < -0.3 is 10.8 Å². The second kappa shape index (κ2) is 4.36. The largest absolute Gasteiger partial charge is 0.395 e. The molecule has 0 unspecified atom stereocenters. The first-order chi connectivity index (χ1) is 7.73. The van der Waals surface area contributed by atoms with Gasteiger partial charge >= 0.3 is 0 Å². The zero-order valence-electron chi connectivity index (χ0n) is 9.28. The third-order valence-corrected chi connectivity index (χ3v) is 3.33. The number of carbonyl (C=O) groups is 1. The van der Waals surface area contributed by atoms with Crippen LogP contribution in [0, 0.1) is 0 Å². The van der Waals surface area contributed by atoms with E-state index >= 15 is 0 Å². The fourth-order valence-electron chi connectivity index (χ4n) is 2.12. The first-order valence-corrected chi connectivity index (χ1v) is 5.67. The highest BCUT2D eigenvalue weighted by molar-refractivity contribution is 5.98. The van der Waals surface area contributed by atoms with Crippen LogP contribution < -0.4 is 5.73 Å². The van der Waals surface area contributed by atoms with Crippen LogP contribution in [0.25, 0.3) is 0 Å². The first kappa shape index (κ1) is 11.3. The first-order valence-electron chi connectivity index (χ1n) is 5.67. The van der Waals surface area contributed by atoms with E-state index < -0.39 is 0 Å². The fourth-order valence-corrected chi connectivity index (χ4v) is 2.12. The Hall–Kier alpha value is -1.19. The molecule has 1 aromatic carbocycles. The number of hydrogen-bond donors (Lipinski definition) is 2. The van der Waals surface area contributed by atoms with E-state index in [1.165, 1.54) is 0 Å². The Morgan fingerprint density at radius 3 is 2.62 bits per heavy atom. The molecule has 0 bridgehead atoms. The quantitative estimate of drug-likeness (QED) is 0.732. The molecule has 3 N–H and O–H groups in total. The van der Waals surface area contributed by atoms with Crippen LogP contribution in [0.3, 0.4) is 0 Å². The van der Waals surface area contributed by atoms with Crippen molar-refractivity contribution in [2.75, 3.05) is 13.2 Å². The van der Waals surface area contributed by atoms with Crippen molar-refractivity contribution in [2.24, 2.45) is 5.73 Å². The maximum absolute atomic E-state index is 11.9. The third-order valence-electron chi connectivity index (χ3n) is 3.33. The maximum atomic E-state index is 11.9. The predicted molar refractivity (Wildman–Crippen MR) is 62.4 cm³/mol. The number of ketones is 1. The molecule has 1 fully saturated rings. The monoisotopic (exact) mass is 219 g/mol. The van der Waals surface area contributed by atoms with E-state index in [9.17, 15) is 9.90 Å². The SMILES string of the molecule is NCCC(=O)c1ccccc1C1(CO)CC1. The molecule has 2 rings (SSSR count). The van der Waals surface area contributed by atoms with Crippen molar-refractivity contribution in [3.8, 4) is 0 Å². The second-order valence-electron chi connectivity index (χ2n) is 4.45. The minimum atomic E-state index is -0.152. The lowest BCUT2D eigenvalue weighted by Gasteiger charge is -2.16. The van der Waals surface area contributed by atoms with Crippen molar-refractivity contribution in [3.05, 3.63) is 35.4 Å². The van der Waals surface area contributed by atoms with Gasteiger partial charge in [0.05, 0.1) is 6.61 Å². The van der Waals surface area contributed by atoms with Crippen molar-refractivity contribution in [3.63, 3.8) is 0 Å². The molecule has 0 atom stereocenters. The zero-order valence-corrected chi connectivity index (χ0v) is 9.28. The standard InChI is InChI=1S/C13H17NO2/c14-8-5-12(16)10-3-1-2-4-11(10)13(9-15)6-7-13/h1-4,15H,5-9,14H2. The molecular weight excluding hydrogens is 202 g/mol. The lowest BCUT2D eigenvalue weighted by atomic mass is 9.89. The number of rotatable bonds is 5. The number of carbonyl (C=O) groups excluding carboxylic acids is 1. The summed E-state index contributed by atoms with van der Waals surface area (Å²) in [5.41, 5.74) is 6.98. The number of Topliss-reactive ketones (excluding diaryl/α,β-unsaturated/α-hetero) is 1. The molecule has 0 saturated heterocycles. The fraction of sp³-hybridized carbons (Fsp3) is 0.462. The molecule has 0 radical (unpaired) electrons. The summed E-state index contributed by atoms with van der Waals surface area (Å²) < 4.78 is 0. The molecule has 3 heteroatoms. The van der Waals surface area contributed by atoms with E-state index in [0.717, 1.165) is 24.0 Å². The van der Waals surface area contributed by atoms with Gasteiger partial charge in [0.1, 0.15) is 0 Å². The predicted octanol–water partition coefficient (Wildman–Crippen LogP) is 1.24. The lowest BCUT2D eigenvalue weighted by Crippen LogP contribution is -2.18. The van der Waals surface area contributed by atoms with Gasteiger partial charge in [-0.05, 0) is 24.9 Å². The summed E-state index contributed by atoms with van der Waals surface area (Å²) >= 11 is 0. The summed E-state index contributed by atoms with van der Waals surface area (Å²) in [5.74, 6) is 0.0813. The molecule has 0 spiro atoms. The zero-order chi connectivity index (χ0) is 11.6. The molecule has 3 nitrogen and oxygen atoms in total. The minimum Gasteiger partial charge on any atom is -0.395 e. The van der Waals surface area contributed by atoms with Crippen LogP contribution in [-0.2, 0) is 5.41 Å².